The molecule has 0 spiro atoms. The standard InChI is InChI=1S/C23H32N2O5/c1-4-12-23(28,13-5-2)17-24-22(27)19-8-6-7-9-20(19)30-18-10-14-25(15-11-18)21(26)16-29-3/h4-9,18,28H,1-2,10-17H2,3H3,(H,24,27). The van der Waals surface area contributed by atoms with Gasteiger partial charge in [-0.15, -0.1) is 13.2 Å². The number of carbonyl (C=O) groups excluding carboxylic acids is 2. The molecule has 1 aromatic rings. The Hall–Kier alpha value is -2.64. The Balaban J connectivity index is 1.97. The highest BCUT2D eigenvalue weighted by molar-refractivity contribution is 5.96. The van der Waals surface area contributed by atoms with Crippen LogP contribution < -0.4 is 10.1 Å². The minimum atomic E-state index is -1.11. The molecule has 1 aliphatic heterocycles. The number of methoxy groups -OCH3 is 1. The summed E-state index contributed by atoms with van der Waals surface area (Å²) in [6.07, 6.45) is 5.22. The third kappa shape index (κ3) is 6.71. The van der Waals surface area contributed by atoms with E-state index in [1.807, 2.05) is 6.07 Å². The van der Waals surface area contributed by atoms with Gasteiger partial charge in [-0.25, -0.2) is 0 Å². The summed E-state index contributed by atoms with van der Waals surface area (Å²) < 4.78 is 11.0. The fraction of sp³-hybridized carbons (Fsp3) is 0.478. The molecule has 0 unspecified atom stereocenters. The van der Waals surface area contributed by atoms with E-state index in [-0.39, 0.29) is 31.1 Å². The SMILES string of the molecule is C=CCC(O)(CC=C)CNC(=O)c1ccccc1OC1CCN(C(=O)COC)CC1. The summed E-state index contributed by atoms with van der Waals surface area (Å²) >= 11 is 0. The molecular formula is C23H32N2O5. The molecule has 0 saturated carbocycles. The molecule has 0 atom stereocenters. The molecule has 7 heteroatoms. The van der Waals surface area contributed by atoms with Crippen molar-refractivity contribution in [3.8, 4) is 5.75 Å². The van der Waals surface area contributed by atoms with Crippen LogP contribution in [0.25, 0.3) is 0 Å². The van der Waals surface area contributed by atoms with Gasteiger partial charge in [0.05, 0.1) is 11.2 Å². The van der Waals surface area contributed by atoms with E-state index >= 15 is 0 Å². The zero-order valence-electron chi connectivity index (χ0n) is 17.6. The summed E-state index contributed by atoms with van der Waals surface area (Å²) in [5.41, 5.74) is -0.703. The summed E-state index contributed by atoms with van der Waals surface area (Å²) in [6, 6.07) is 7.04. The molecule has 1 aliphatic rings. The zero-order valence-corrected chi connectivity index (χ0v) is 17.6. The van der Waals surface area contributed by atoms with Crippen LogP contribution in [0.4, 0.5) is 0 Å². The van der Waals surface area contributed by atoms with E-state index < -0.39 is 5.60 Å². The Bertz CT molecular complexity index is 731. The Morgan fingerprint density at radius 2 is 1.87 bits per heavy atom. The van der Waals surface area contributed by atoms with Gasteiger partial charge in [0.2, 0.25) is 5.91 Å². The van der Waals surface area contributed by atoms with Crippen LogP contribution >= 0.6 is 0 Å². The van der Waals surface area contributed by atoms with E-state index in [0.717, 1.165) is 0 Å². The van der Waals surface area contributed by atoms with Crippen LogP contribution in [-0.2, 0) is 9.53 Å². The number of likely N-dealkylation sites (tertiary alicyclic amines) is 1. The number of hydrogen-bond acceptors (Lipinski definition) is 5. The number of carbonyl (C=O) groups is 2. The van der Waals surface area contributed by atoms with Crippen LogP contribution in [0.3, 0.4) is 0 Å². The maximum atomic E-state index is 12.8. The van der Waals surface area contributed by atoms with Crippen LogP contribution in [0.15, 0.2) is 49.6 Å². The van der Waals surface area contributed by atoms with Gasteiger partial charge < -0.3 is 24.8 Å². The maximum absolute atomic E-state index is 12.8. The van der Waals surface area contributed by atoms with Gasteiger partial charge in [0.1, 0.15) is 18.5 Å². The van der Waals surface area contributed by atoms with Crippen molar-refractivity contribution >= 4 is 11.8 Å². The van der Waals surface area contributed by atoms with Crippen molar-refractivity contribution in [1.29, 1.82) is 0 Å². The molecule has 1 heterocycles. The van der Waals surface area contributed by atoms with Crippen LogP contribution in [-0.4, -0.2) is 66.9 Å². The van der Waals surface area contributed by atoms with E-state index in [9.17, 15) is 14.7 Å². The topological polar surface area (TPSA) is 88.1 Å². The predicted molar refractivity (Wildman–Crippen MR) is 115 cm³/mol. The highest BCUT2D eigenvalue weighted by Gasteiger charge is 2.27. The third-order valence-corrected chi connectivity index (χ3v) is 5.11. The van der Waals surface area contributed by atoms with E-state index in [0.29, 0.717) is 50.1 Å². The van der Waals surface area contributed by atoms with Gasteiger partial charge in [0.25, 0.3) is 5.91 Å². The van der Waals surface area contributed by atoms with Crippen molar-refractivity contribution in [2.45, 2.75) is 37.4 Å². The first kappa shape index (κ1) is 23.6. The number of benzene rings is 1. The maximum Gasteiger partial charge on any atom is 0.255 e. The first-order valence-electron chi connectivity index (χ1n) is 10.2. The molecular weight excluding hydrogens is 384 g/mol. The van der Waals surface area contributed by atoms with Crippen molar-refractivity contribution in [3.63, 3.8) is 0 Å². The van der Waals surface area contributed by atoms with Crippen molar-refractivity contribution in [3.05, 3.63) is 55.1 Å². The third-order valence-electron chi connectivity index (χ3n) is 5.11. The van der Waals surface area contributed by atoms with Crippen LogP contribution in [0.1, 0.15) is 36.0 Å². The Labute approximate surface area is 178 Å². The molecule has 2 N–H and O–H groups in total. The summed E-state index contributed by atoms with van der Waals surface area (Å²) in [6.45, 7) is 8.67. The first-order chi connectivity index (χ1) is 14.4. The number of amides is 2. The minimum absolute atomic E-state index is 0.0257. The second kappa shape index (κ2) is 11.5. The fourth-order valence-corrected chi connectivity index (χ4v) is 3.48. The fourth-order valence-electron chi connectivity index (χ4n) is 3.48. The molecule has 2 amide bonds. The molecule has 0 radical (unpaired) electrons. The lowest BCUT2D eigenvalue weighted by Gasteiger charge is -2.32. The van der Waals surface area contributed by atoms with Crippen LogP contribution in [0.5, 0.6) is 5.75 Å². The molecule has 7 nitrogen and oxygen atoms in total. The number of nitrogens with one attached hydrogen (secondary N) is 1. The lowest BCUT2D eigenvalue weighted by atomic mass is 9.95. The first-order valence-corrected chi connectivity index (χ1v) is 10.2. The van der Waals surface area contributed by atoms with Crippen LogP contribution in [0.2, 0.25) is 0 Å². The van der Waals surface area contributed by atoms with Crippen molar-refractivity contribution < 1.29 is 24.2 Å². The van der Waals surface area contributed by atoms with Crippen molar-refractivity contribution in [2.24, 2.45) is 0 Å². The molecule has 0 aliphatic carbocycles. The number of ether oxygens (including phenoxy) is 2. The Kier molecular flexibility index (Phi) is 9.08. The summed E-state index contributed by atoms with van der Waals surface area (Å²) in [4.78, 5) is 26.4. The van der Waals surface area contributed by atoms with Crippen molar-refractivity contribution in [2.75, 3.05) is 33.4 Å². The summed E-state index contributed by atoms with van der Waals surface area (Å²) in [5.74, 6) is 0.153. The number of para-hydroxylation sites is 1. The molecule has 2 rings (SSSR count). The number of rotatable bonds is 11. The molecule has 0 bridgehead atoms. The van der Waals surface area contributed by atoms with Gasteiger partial charge in [-0.05, 0) is 25.0 Å². The molecule has 164 valence electrons. The second-order valence-electron chi connectivity index (χ2n) is 7.52. The molecule has 1 saturated heterocycles. The van der Waals surface area contributed by atoms with Crippen molar-refractivity contribution in [1.82, 2.24) is 10.2 Å². The monoisotopic (exact) mass is 416 g/mol. The number of nitrogens with zero attached hydrogens (tertiary/aromatic N) is 1. The number of hydrogen-bond donors (Lipinski definition) is 2. The summed E-state index contributed by atoms with van der Waals surface area (Å²) in [5, 5.41) is 13.4. The van der Waals surface area contributed by atoms with Gasteiger partial charge in [-0.2, -0.15) is 0 Å². The minimum Gasteiger partial charge on any atom is -0.489 e. The van der Waals surface area contributed by atoms with Gasteiger partial charge in [-0.1, -0.05) is 24.3 Å². The largest absolute Gasteiger partial charge is 0.489 e. The highest BCUT2D eigenvalue weighted by atomic mass is 16.5. The number of piperidine rings is 1. The quantitative estimate of drug-likeness (QED) is 0.541. The zero-order chi connectivity index (χ0) is 22.0. The van der Waals surface area contributed by atoms with Gasteiger partial charge >= 0.3 is 0 Å². The normalized spacial score (nSPS) is 14.8. The van der Waals surface area contributed by atoms with Crippen LogP contribution in [0, 0.1) is 0 Å². The average Bonchev–Trinajstić information content (AvgIpc) is 2.73. The molecule has 1 aromatic carbocycles. The van der Waals surface area contributed by atoms with E-state index in [1.54, 1.807) is 35.3 Å². The van der Waals surface area contributed by atoms with Gasteiger partial charge in [-0.3, -0.25) is 9.59 Å². The Morgan fingerprint density at radius 1 is 1.23 bits per heavy atom. The summed E-state index contributed by atoms with van der Waals surface area (Å²) in [7, 11) is 1.51. The lowest BCUT2D eigenvalue weighted by molar-refractivity contribution is -0.136. The van der Waals surface area contributed by atoms with E-state index in [4.69, 9.17) is 9.47 Å². The molecule has 0 aromatic heterocycles. The lowest BCUT2D eigenvalue weighted by Crippen LogP contribution is -2.43. The predicted octanol–water partition coefficient (Wildman–Crippen LogP) is 2.32. The molecule has 30 heavy (non-hydrogen) atoms. The van der Waals surface area contributed by atoms with Gasteiger partial charge in [0.15, 0.2) is 0 Å². The second-order valence-corrected chi connectivity index (χ2v) is 7.52. The molecule has 1 fully saturated rings. The van der Waals surface area contributed by atoms with Gasteiger partial charge in [0, 0.05) is 39.6 Å². The highest BCUT2D eigenvalue weighted by Crippen LogP contribution is 2.24. The van der Waals surface area contributed by atoms with E-state index in [1.165, 1.54) is 7.11 Å². The smallest absolute Gasteiger partial charge is 0.255 e. The van der Waals surface area contributed by atoms with E-state index in [2.05, 4.69) is 18.5 Å². The Morgan fingerprint density at radius 3 is 2.47 bits per heavy atom. The average molecular weight is 417 g/mol. The number of aliphatic hydroxyl groups is 1.